The molecule has 154 valence electrons. The molecule has 3 heterocycles. The van der Waals surface area contributed by atoms with Gasteiger partial charge in [0.15, 0.2) is 5.03 Å². The van der Waals surface area contributed by atoms with Crippen LogP contribution in [0.4, 0.5) is 5.69 Å². The molecule has 0 saturated carbocycles. The van der Waals surface area contributed by atoms with E-state index in [0.717, 1.165) is 5.56 Å². The lowest BCUT2D eigenvalue weighted by Gasteiger charge is -2.10. The minimum Gasteiger partial charge on any atom is -0.339 e. The highest BCUT2D eigenvalue weighted by atomic mass is 32.2. The van der Waals surface area contributed by atoms with Gasteiger partial charge in [-0.05, 0) is 37.6 Å². The molecule has 4 rings (SSSR count). The average Bonchev–Trinajstić information content (AvgIpc) is 3.40. The standard InChI is InChI=1S/C20H20N6O3S/c1-14(2)26-12-19(22-13-26)30(27,28)25-17-6-4-3-5-16(17)11-18-23-20(24-29-18)15-7-9-21-10-8-15/h3-10,12-14,25H,11H2,1-2H3. The van der Waals surface area contributed by atoms with Gasteiger partial charge in [-0.2, -0.15) is 13.4 Å². The van der Waals surface area contributed by atoms with Gasteiger partial charge in [-0.15, -0.1) is 0 Å². The summed E-state index contributed by atoms with van der Waals surface area (Å²) >= 11 is 0. The van der Waals surface area contributed by atoms with Crippen LogP contribution in [0.2, 0.25) is 0 Å². The highest BCUT2D eigenvalue weighted by Crippen LogP contribution is 2.23. The molecule has 0 aliphatic rings. The monoisotopic (exact) mass is 424 g/mol. The second kappa shape index (κ2) is 8.07. The van der Waals surface area contributed by atoms with Gasteiger partial charge in [-0.25, -0.2) is 4.98 Å². The minimum absolute atomic E-state index is 0.0382. The number of imidazole rings is 1. The Hall–Kier alpha value is -3.53. The summed E-state index contributed by atoms with van der Waals surface area (Å²) in [7, 11) is -3.83. The number of nitrogens with one attached hydrogen (secondary N) is 1. The van der Waals surface area contributed by atoms with Gasteiger partial charge in [0.2, 0.25) is 11.7 Å². The highest BCUT2D eigenvalue weighted by molar-refractivity contribution is 7.92. The van der Waals surface area contributed by atoms with Crippen molar-refractivity contribution in [2.24, 2.45) is 0 Å². The largest absolute Gasteiger partial charge is 0.339 e. The predicted molar refractivity (Wildman–Crippen MR) is 110 cm³/mol. The van der Waals surface area contributed by atoms with E-state index in [9.17, 15) is 8.42 Å². The molecule has 9 nitrogen and oxygen atoms in total. The SMILES string of the molecule is CC(C)n1cnc(S(=O)(=O)Nc2ccccc2Cc2nc(-c3ccncc3)no2)c1. The van der Waals surface area contributed by atoms with Crippen LogP contribution in [0, 0.1) is 0 Å². The Morgan fingerprint density at radius 3 is 2.63 bits per heavy atom. The minimum atomic E-state index is -3.83. The molecule has 30 heavy (non-hydrogen) atoms. The number of rotatable bonds is 7. The van der Waals surface area contributed by atoms with Gasteiger partial charge in [-0.3, -0.25) is 9.71 Å². The first-order chi connectivity index (χ1) is 14.4. The molecule has 3 aromatic heterocycles. The molecule has 0 bridgehead atoms. The first kappa shape index (κ1) is 19.8. The lowest BCUT2D eigenvalue weighted by atomic mass is 10.1. The molecule has 0 fully saturated rings. The second-order valence-corrected chi connectivity index (χ2v) is 8.57. The van der Waals surface area contributed by atoms with Crippen molar-refractivity contribution in [2.45, 2.75) is 31.3 Å². The van der Waals surface area contributed by atoms with Crippen molar-refractivity contribution in [1.82, 2.24) is 24.7 Å². The summed E-state index contributed by atoms with van der Waals surface area (Å²) in [6.45, 7) is 3.90. The molecule has 10 heteroatoms. The van der Waals surface area contributed by atoms with E-state index in [4.69, 9.17) is 4.52 Å². The molecule has 0 aliphatic heterocycles. The Morgan fingerprint density at radius 1 is 1.13 bits per heavy atom. The Balaban J connectivity index is 1.56. The number of nitrogens with zero attached hydrogens (tertiary/aromatic N) is 5. The maximum absolute atomic E-state index is 12.8. The third-order valence-corrected chi connectivity index (χ3v) is 5.71. The van der Waals surface area contributed by atoms with Gasteiger partial charge in [0.1, 0.15) is 0 Å². The van der Waals surface area contributed by atoms with Gasteiger partial charge in [0, 0.05) is 30.2 Å². The van der Waals surface area contributed by atoms with E-state index in [2.05, 4.69) is 24.8 Å². The molecule has 0 spiro atoms. The number of anilines is 1. The average molecular weight is 424 g/mol. The maximum atomic E-state index is 12.8. The molecular weight excluding hydrogens is 404 g/mol. The predicted octanol–water partition coefficient (Wildman–Crippen LogP) is 3.30. The van der Waals surface area contributed by atoms with Gasteiger partial charge < -0.3 is 9.09 Å². The Bertz CT molecular complexity index is 1250. The molecular formula is C20H20N6O3S. The Morgan fingerprint density at radius 2 is 1.90 bits per heavy atom. The second-order valence-electron chi connectivity index (χ2n) is 6.94. The zero-order valence-electron chi connectivity index (χ0n) is 16.4. The van der Waals surface area contributed by atoms with Crippen molar-refractivity contribution in [2.75, 3.05) is 4.72 Å². The molecule has 1 aromatic carbocycles. The van der Waals surface area contributed by atoms with E-state index >= 15 is 0 Å². The molecule has 0 saturated heterocycles. The normalized spacial score (nSPS) is 11.7. The number of hydrogen-bond acceptors (Lipinski definition) is 7. The third kappa shape index (κ3) is 4.23. The van der Waals surface area contributed by atoms with Crippen LogP contribution in [0.25, 0.3) is 11.4 Å². The van der Waals surface area contributed by atoms with Gasteiger partial charge >= 0.3 is 0 Å². The fourth-order valence-corrected chi connectivity index (χ4v) is 3.86. The fraction of sp³-hybridized carbons (Fsp3) is 0.200. The lowest BCUT2D eigenvalue weighted by Crippen LogP contribution is -2.15. The Kier molecular flexibility index (Phi) is 5.32. The zero-order chi connectivity index (χ0) is 21.1. The van der Waals surface area contributed by atoms with Crippen molar-refractivity contribution >= 4 is 15.7 Å². The summed E-state index contributed by atoms with van der Waals surface area (Å²) in [6.07, 6.45) is 6.59. The van der Waals surface area contributed by atoms with Crippen LogP contribution >= 0.6 is 0 Å². The van der Waals surface area contributed by atoms with E-state index < -0.39 is 10.0 Å². The molecule has 1 N–H and O–H groups in total. The number of hydrogen-bond donors (Lipinski definition) is 1. The van der Waals surface area contributed by atoms with Crippen LogP contribution in [0.3, 0.4) is 0 Å². The van der Waals surface area contributed by atoms with E-state index in [-0.39, 0.29) is 17.5 Å². The van der Waals surface area contributed by atoms with Gasteiger partial charge in [-0.1, -0.05) is 23.4 Å². The van der Waals surface area contributed by atoms with E-state index in [0.29, 0.717) is 23.0 Å². The summed E-state index contributed by atoms with van der Waals surface area (Å²) in [6, 6.07) is 10.7. The van der Waals surface area contributed by atoms with E-state index in [1.807, 2.05) is 19.9 Å². The molecule has 0 radical (unpaired) electrons. The first-order valence-corrected chi connectivity index (χ1v) is 10.8. The van der Waals surface area contributed by atoms with Crippen LogP contribution in [-0.2, 0) is 16.4 Å². The van der Waals surface area contributed by atoms with Crippen LogP contribution in [-0.4, -0.2) is 33.1 Å². The molecule has 0 atom stereocenters. The quantitative estimate of drug-likeness (QED) is 0.484. The topological polar surface area (TPSA) is 116 Å². The van der Waals surface area contributed by atoms with Crippen LogP contribution < -0.4 is 4.72 Å². The lowest BCUT2D eigenvalue weighted by molar-refractivity contribution is 0.386. The first-order valence-electron chi connectivity index (χ1n) is 9.29. The van der Waals surface area contributed by atoms with Crippen LogP contribution in [0.1, 0.15) is 31.3 Å². The number of para-hydroxylation sites is 1. The summed E-state index contributed by atoms with van der Waals surface area (Å²) < 4.78 is 35.3. The van der Waals surface area contributed by atoms with E-state index in [1.165, 1.54) is 12.5 Å². The van der Waals surface area contributed by atoms with E-state index in [1.54, 1.807) is 47.3 Å². The van der Waals surface area contributed by atoms with Crippen molar-refractivity contribution in [1.29, 1.82) is 0 Å². The Labute approximate surface area is 173 Å². The van der Waals surface area contributed by atoms with Gasteiger partial charge in [0.25, 0.3) is 10.0 Å². The molecule has 0 aliphatic carbocycles. The zero-order valence-corrected chi connectivity index (χ0v) is 17.2. The molecule has 0 amide bonds. The van der Waals surface area contributed by atoms with Crippen LogP contribution in [0.15, 0.2) is 70.9 Å². The molecule has 0 unspecified atom stereocenters. The fourth-order valence-electron chi connectivity index (χ4n) is 2.82. The summed E-state index contributed by atoms with van der Waals surface area (Å²) in [5.41, 5.74) is 1.92. The third-order valence-electron chi connectivity index (χ3n) is 4.46. The van der Waals surface area contributed by atoms with Crippen molar-refractivity contribution in [3.63, 3.8) is 0 Å². The van der Waals surface area contributed by atoms with Crippen LogP contribution in [0.5, 0.6) is 0 Å². The van der Waals surface area contributed by atoms with Crippen molar-refractivity contribution < 1.29 is 12.9 Å². The highest BCUT2D eigenvalue weighted by Gasteiger charge is 2.20. The number of sulfonamides is 1. The molecule has 4 aromatic rings. The van der Waals surface area contributed by atoms with Crippen molar-refractivity contribution in [3.05, 3.63) is 72.8 Å². The van der Waals surface area contributed by atoms with Gasteiger partial charge in [0.05, 0.1) is 18.4 Å². The number of aromatic nitrogens is 5. The number of benzene rings is 1. The number of pyridine rings is 1. The summed E-state index contributed by atoms with van der Waals surface area (Å²) in [5.74, 6) is 0.822. The van der Waals surface area contributed by atoms with Crippen molar-refractivity contribution in [3.8, 4) is 11.4 Å². The summed E-state index contributed by atoms with van der Waals surface area (Å²) in [5, 5.41) is 3.95. The smallest absolute Gasteiger partial charge is 0.280 e. The summed E-state index contributed by atoms with van der Waals surface area (Å²) in [4.78, 5) is 12.4. The maximum Gasteiger partial charge on any atom is 0.280 e.